The minimum atomic E-state index is -0.137. The van der Waals surface area contributed by atoms with E-state index in [1.54, 1.807) is 25.3 Å². The second kappa shape index (κ2) is 4.46. The molecule has 0 bridgehead atoms. The monoisotopic (exact) mass is 257 g/mol. The summed E-state index contributed by atoms with van der Waals surface area (Å²) in [5.74, 6) is 0.676. The molecule has 2 aromatic carbocycles. The Kier molecular flexibility index (Phi) is 2.78. The van der Waals surface area contributed by atoms with E-state index >= 15 is 0 Å². The predicted octanol–water partition coefficient (Wildman–Crippen LogP) is 2.45. The van der Waals surface area contributed by atoms with Crippen LogP contribution in [0.5, 0.6) is 11.5 Å². The van der Waals surface area contributed by atoms with Crippen LogP contribution in [0.1, 0.15) is 23.2 Å². The van der Waals surface area contributed by atoms with Gasteiger partial charge in [0, 0.05) is 17.0 Å². The van der Waals surface area contributed by atoms with Crippen molar-refractivity contribution in [3.05, 3.63) is 35.9 Å². The Morgan fingerprint density at radius 2 is 2.11 bits per heavy atom. The van der Waals surface area contributed by atoms with Gasteiger partial charge in [0.25, 0.3) is 5.91 Å². The number of phenolic OH excluding ortho intramolecular Hbond substituents is 1. The lowest BCUT2D eigenvalue weighted by molar-refractivity contribution is 0.0951. The Bertz CT molecular complexity index is 647. The fraction of sp³-hybridized carbons (Fsp3) is 0.267. The van der Waals surface area contributed by atoms with Crippen LogP contribution in [0.4, 0.5) is 0 Å². The van der Waals surface area contributed by atoms with E-state index in [1.165, 1.54) is 6.07 Å². The van der Waals surface area contributed by atoms with Gasteiger partial charge < -0.3 is 15.2 Å². The predicted molar refractivity (Wildman–Crippen MR) is 72.7 cm³/mol. The van der Waals surface area contributed by atoms with E-state index in [1.807, 2.05) is 6.07 Å². The maximum absolute atomic E-state index is 12.0. The molecular weight excluding hydrogens is 242 g/mol. The summed E-state index contributed by atoms with van der Waals surface area (Å²) in [5.41, 5.74) is 0.477. The summed E-state index contributed by atoms with van der Waals surface area (Å²) in [5, 5.41) is 14.4. The molecule has 98 valence electrons. The molecule has 1 amide bonds. The van der Waals surface area contributed by atoms with E-state index in [0.29, 0.717) is 22.7 Å². The Hall–Kier alpha value is -2.23. The minimum Gasteiger partial charge on any atom is -0.507 e. The van der Waals surface area contributed by atoms with Crippen molar-refractivity contribution in [2.75, 3.05) is 7.11 Å². The minimum absolute atomic E-state index is 0.112. The number of hydrogen-bond acceptors (Lipinski definition) is 3. The molecule has 0 heterocycles. The van der Waals surface area contributed by atoms with Crippen molar-refractivity contribution in [3.8, 4) is 11.5 Å². The first kappa shape index (κ1) is 11.8. The zero-order valence-corrected chi connectivity index (χ0v) is 10.6. The summed E-state index contributed by atoms with van der Waals surface area (Å²) in [7, 11) is 1.59. The van der Waals surface area contributed by atoms with Crippen molar-refractivity contribution in [1.29, 1.82) is 0 Å². The third kappa shape index (κ3) is 2.34. The molecule has 1 aliphatic rings. The number of rotatable bonds is 3. The van der Waals surface area contributed by atoms with Gasteiger partial charge in [-0.25, -0.2) is 0 Å². The molecule has 3 rings (SSSR count). The molecule has 0 saturated heterocycles. The molecule has 0 radical (unpaired) electrons. The van der Waals surface area contributed by atoms with E-state index in [0.717, 1.165) is 18.2 Å². The van der Waals surface area contributed by atoms with Crippen molar-refractivity contribution >= 4 is 16.7 Å². The molecule has 4 heteroatoms. The Morgan fingerprint density at radius 3 is 2.79 bits per heavy atom. The molecule has 0 atom stereocenters. The van der Waals surface area contributed by atoms with E-state index in [2.05, 4.69) is 5.32 Å². The molecule has 19 heavy (non-hydrogen) atoms. The highest BCUT2D eigenvalue weighted by molar-refractivity contribution is 6.01. The van der Waals surface area contributed by atoms with Gasteiger partial charge in [-0.2, -0.15) is 0 Å². The summed E-state index contributed by atoms with van der Waals surface area (Å²) in [6, 6.07) is 8.96. The number of amides is 1. The number of aromatic hydroxyl groups is 1. The average molecular weight is 257 g/mol. The molecule has 2 aromatic rings. The lowest BCUT2D eigenvalue weighted by atomic mass is 10.0. The number of nitrogens with one attached hydrogen (secondary N) is 1. The van der Waals surface area contributed by atoms with Crippen molar-refractivity contribution in [3.63, 3.8) is 0 Å². The summed E-state index contributed by atoms with van der Waals surface area (Å²) in [6.45, 7) is 0. The summed E-state index contributed by atoms with van der Waals surface area (Å²) < 4.78 is 5.15. The van der Waals surface area contributed by atoms with E-state index in [4.69, 9.17) is 4.74 Å². The van der Waals surface area contributed by atoms with Crippen LogP contribution in [0.25, 0.3) is 10.8 Å². The number of hydrogen-bond donors (Lipinski definition) is 2. The van der Waals surface area contributed by atoms with Gasteiger partial charge in [0.05, 0.1) is 7.11 Å². The van der Waals surface area contributed by atoms with Gasteiger partial charge in [-0.1, -0.05) is 0 Å². The topological polar surface area (TPSA) is 58.6 Å². The summed E-state index contributed by atoms with van der Waals surface area (Å²) in [4.78, 5) is 12.0. The van der Waals surface area contributed by atoms with Crippen LogP contribution in [0.2, 0.25) is 0 Å². The fourth-order valence-corrected chi connectivity index (χ4v) is 2.08. The highest BCUT2D eigenvalue weighted by atomic mass is 16.5. The Balaban J connectivity index is 2.02. The average Bonchev–Trinajstić information content (AvgIpc) is 3.21. The van der Waals surface area contributed by atoms with E-state index in [9.17, 15) is 9.90 Å². The number of methoxy groups -OCH3 is 1. The van der Waals surface area contributed by atoms with Gasteiger partial charge in [-0.05, 0) is 48.6 Å². The molecule has 1 saturated carbocycles. The fourth-order valence-electron chi connectivity index (χ4n) is 2.08. The van der Waals surface area contributed by atoms with Crippen LogP contribution < -0.4 is 10.1 Å². The molecule has 2 N–H and O–H groups in total. The van der Waals surface area contributed by atoms with Gasteiger partial charge in [0.2, 0.25) is 0 Å². The summed E-state index contributed by atoms with van der Waals surface area (Å²) >= 11 is 0. The smallest absolute Gasteiger partial charge is 0.251 e. The van der Waals surface area contributed by atoms with Crippen LogP contribution >= 0.6 is 0 Å². The van der Waals surface area contributed by atoms with Crippen molar-refractivity contribution in [2.45, 2.75) is 18.9 Å². The van der Waals surface area contributed by atoms with Gasteiger partial charge in [-0.3, -0.25) is 4.79 Å². The number of fused-ring (bicyclic) bond motifs is 1. The summed E-state index contributed by atoms with van der Waals surface area (Å²) in [6.07, 6.45) is 2.08. The van der Waals surface area contributed by atoms with Gasteiger partial charge in [-0.15, -0.1) is 0 Å². The first-order chi connectivity index (χ1) is 9.17. The van der Waals surface area contributed by atoms with Crippen LogP contribution in [0.15, 0.2) is 30.3 Å². The number of phenols is 1. The number of benzene rings is 2. The molecule has 0 unspecified atom stereocenters. The molecule has 0 aliphatic heterocycles. The van der Waals surface area contributed by atoms with Crippen molar-refractivity contribution < 1.29 is 14.6 Å². The second-order valence-corrected chi connectivity index (χ2v) is 4.83. The normalized spacial score (nSPS) is 14.4. The molecular formula is C15H15NO3. The third-order valence-corrected chi connectivity index (χ3v) is 3.31. The molecule has 1 aliphatic carbocycles. The highest BCUT2D eigenvalue weighted by Crippen LogP contribution is 2.30. The van der Waals surface area contributed by atoms with Gasteiger partial charge >= 0.3 is 0 Å². The lowest BCUT2D eigenvalue weighted by Crippen LogP contribution is -2.25. The Labute approximate surface area is 111 Å². The third-order valence-electron chi connectivity index (χ3n) is 3.31. The molecule has 1 fully saturated rings. The van der Waals surface area contributed by atoms with E-state index in [-0.39, 0.29) is 11.7 Å². The molecule has 4 nitrogen and oxygen atoms in total. The van der Waals surface area contributed by atoms with Crippen LogP contribution in [-0.2, 0) is 0 Å². The van der Waals surface area contributed by atoms with Gasteiger partial charge in [0.1, 0.15) is 11.5 Å². The number of carbonyl (C=O) groups excluding carboxylic acids is 1. The first-order valence-corrected chi connectivity index (χ1v) is 6.29. The SMILES string of the molecule is COc1ccc2c(O)cc(C(=O)NC3CC3)cc2c1. The molecule has 0 aromatic heterocycles. The maximum atomic E-state index is 12.0. The van der Waals surface area contributed by atoms with Crippen molar-refractivity contribution in [2.24, 2.45) is 0 Å². The van der Waals surface area contributed by atoms with E-state index < -0.39 is 0 Å². The van der Waals surface area contributed by atoms with Crippen molar-refractivity contribution in [1.82, 2.24) is 5.32 Å². The maximum Gasteiger partial charge on any atom is 0.251 e. The quantitative estimate of drug-likeness (QED) is 0.888. The number of carbonyl (C=O) groups is 1. The van der Waals surface area contributed by atoms with Crippen LogP contribution in [0, 0.1) is 0 Å². The zero-order chi connectivity index (χ0) is 13.4. The van der Waals surface area contributed by atoms with Crippen LogP contribution in [-0.4, -0.2) is 24.2 Å². The lowest BCUT2D eigenvalue weighted by Gasteiger charge is -2.08. The number of ether oxygens (including phenoxy) is 1. The highest BCUT2D eigenvalue weighted by Gasteiger charge is 2.24. The standard InChI is InChI=1S/C15H15NO3/c1-19-12-4-5-13-9(7-12)6-10(8-14(13)17)15(18)16-11-2-3-11/h4-8,11,17H,2-3H2,1H3,(H,16,18). The Morgan fingerprint density at radius 1 is 1.32 bits per heavy atom. The molecule has 0 spiro atoms. The van der Waals surface area contributed by atoms with Crippen LogP contribution in [0.3, 0.4) is 0 Å². The zero-order valence-electron chi connectivity index (χ0n) is 10.6. The van der Waals surface area contributed by atoms with Gasteiger partial charge in [0.15, 0.2) is 0 Å². The first-order valence-electron chi connectivity index (χ1n) is 6.29. The largest absolute Gasteiger partial charge is 0.507 e. The second-order valence-electron chi connectivity index (χ2n) is 4.83.